The minimum Gasteiger partial charge on any atom is -0.449 e. The van der Waals surface area contributed by atoms with Crippen molar-refractivity contribution in [3.63, 3.8) is 0 Å². The molecule has 0 aliphatic carbocycles. The van der Waals surface area contributed by atoms with Crippen molar-refractivity contribution in [2.24, 2.45) is 5.73 Å². The lowest BCUT2D eigenvalue weighted by Crippen LogP contribution is -2.11. The SMILES string of the molecule is NCC(O)c1cccc2cc(Br)oc12. The summed E-state index contributed by atoms with van der Waals surface area (Å²) in [6.07, 6.45) is -0.670. The summed E-state index contributed by atoms with van der Waals surface area (Å²) in [4.78, 5) is 0. The predicted octanol–water partition coefficient (Wildman–Crippen LogP) is 2.19. The van der Waals surface area contributed by atoms with Crippen molar-refractivity contribution >= 4 is 26.9 Å². The van der Waals surface area contributed by atoms with E-state index in [-0.39, 0.29) is 6.54 Å². The summed E-state index contributed by atoms with van der Waals surface area (Å²) in [6, 6.07) is 7.48. The Morgan fingerprint density at radius 1 is 1.50 bits per heavy atom. The minimum atomic E-state index is -0.670. The molecule has 2 rings (SSSR count). The van der Waals surface area contributed by atoms with Crippen LogP contribution in [0.5, 0.6) is 0 Å². The van der Waals surface area contributed by atoms with Gasteiger partial charge in [-0.1, -0.05) is 18.2 Å². The zero-order chi connectivity index (χ0) is 10.1. The Bertz CT molecular complexity index is 452. The lowest BCUT2D eigenvalue weighted by atomic mass is 10.1. The highest BCUT2D eigenvalue weighted by Crippen LogP contribution is 2.29. The molecule has 3 N–H and O–H groups in total. The third-order valence-corrected chi connectivity index (χ3v) is 2.52. The molecule has 0 amide bonds. The Labute approximate surface area is 89.6 Å². The van der Waals surface area contributed by atoms with Crippen LogP contribution in [-0.2, 0) is 0 Å². The second-order valence-electron chi connectivity index (χ2n) is 3.07. The molecular formula is C10H10BrNO2. The first-order valence-electron chi connectivity index (χ1n) is 4.28. The van der Waals surface area contributed by atoms with Crippen molar-refractivity contribution in [1.82, 2.24) is 0 Å². The van der Waals surface area contributed by atoms with E-state index in [1.54, 1.807) is 0 Å². The molecule has 2 aromatic rings. The molecule has 3 nitrogen and oxygen atoms in total. The molecule has 0 radical (unpaired) electrons. The number of para-hydroxylation sites is 1. The summed E-state index contributed by atoms with van der Waals surface area (Å²) in [6.45, 7) is 0.192. The molecule has 0 aliphatic heterocycles. The molecule has 1 heterocycles. The van der Waals surface area contributed by atoms with Gasteiger partial charge < -0.3 is 15.3 Å². The molecule has 1 aromatic heterocycles. The number of nitrogens with two attached hydrogens (primary N) is 1. The first kappa shape index (κ1) is 9.71. The number of benzene rings is 1. The zero-order valence-electron chi connectivity index (χ0n) is 7.40. The maximum Gasteiger partial charge on any atom is 0.170 e. The van der Waals surface area contributed by atoms with Crippen LogP contribution in [0.1, 0.15) is 11.7 Å². The number of aliphatic hydroxyl groups is 1. The molecule has 14 heavy (non-hydrogen) atoms. The van der Waals surface area contributed by atoms with Crippen molar-refractivity contribution in [2.75, 3.05) is 6.54 Å². The number of rotatable bonds is 2. The molecule has 0 spiro atoms. The van der Waals surface area contributed by atoms with Crippen LogP contribution in [0, 0.1) is 0 Å². The Kier molecular flexibility index (Phi) is 2.58. The number of aliphatic hydroxyl groups excluding tert-OH is 1. The Morgan fingerprint density at radius 2 is 2.29 bits per heavy atom. The van der Waals surface area contributed by atoms with E-state index in [0.717, 1.165) is 10.9 Å². The van der Waals surface area contributed by atoms with E-state index in [4.69, 9.17) is 10.2 Å². The smallest absolute Gasteiger partial charge is 0.170 e. The molecule has 0 aliphatic rings. The van der Waals surface area contributed by atoms with Gasteiger partial charge in [-0.05, 0) is 22.0 Å². The number of halogens is 1. The highest BCUT2D eigenvalue weighted by molar-refractivity contribution is 9.10. The van der Waals surface area contributed by atoms with E-state index in [1.807, 2.05) is 24.3 Å². The fraction of sp³-hybridized carbons (Fsp3) is 0.200. The van der Waals surface area contributed by atoms with Gasteiger partial charge >= 0.3 is 0 Å². The van der Waals surface area contributed by atoms with E-state index in [2.05, 4.69) is 15.9 Å². The van der Waals surface area contributed by atoms with Crippen molar-refractivity contribution < 1.29 is 9.52 Å². The molecule has 0 saturated carbocycles. The highest BCUT2D eigenvalue weighted by Gasteiger charge is 2.12. The van der Waals surface area contributed by atoms with E-state index < -0.39 is 6.10 Å². The van der Waals surface area contributed by atoms with Gasteiger partial charge in [0.2, 0.25) is 0 Å². The van der Waals surface area contributed by atoms with Crippen LogP contribution in [0.3, 0.4) is 0 Å². The van der Waals surface area contributed by atoms with Gasteiger partial charge in [0.1, 0.15) is 5.58 Å². The fourth-order valence-corrected chi connectivity index (χ4v) is 1.85. The van der Waals surface area contributed by atoms with Crippen LogP contribution < -0.4 is 5.73 Å². The minimum absolute atomic E-state index is 0.192. The lowest BCUT2D eigenvalue weighted by molar-refractivity contribution is 0.187. The van der Waals surface area contributed by atoms with Crippen molar-refractivity contribution in [3.8, 4) is 0 Å². The van der Waals surface area contributed by atoms with Crippen molar-refractivity contribution in [1.29, 1.82) is 0 Å². The fourth-order valence-electron chi connectivity index (χ4n) is 1.44. The summed E-state index contributed by atoms with van der Waals surface area (Å²) in [5.41, 5.74) is 6.82. The van der Waals surface area contributed by atoms with Gasteiger partial charge in [-0.2, -0.15) is 0 Å². The van der Waals surface area contributed by atoms with Crippen molar-refractivity contribution in [3.05, 3.63) is 34.5 Å². The third-order valence-electron chi connectivity index (χ3n) is 2.13. The molecule has 1 atom stereocenters. The third kappa shape index (κ3) is 1.56. The summed E-state index contributed by atoms with van der Waals surface area (Å²) < 4.78 is 6.08. The molecule has 0 fully saturated rings. The number of hydrogen-bond acceptors (Lipinski definition) is 3. The first-order valence-corrected chi connectivity index (χ1v) is 5.07. The van der Waals surface area contributed by atoms with Crippen LogP contribution in [0.2, 0.25) is 0 Å². The number of fused-ring (bicyclic) bond motifs is 1. The molecule has 4 heteroatoms. The normalized spacial score (nSPS) is 13.4. The van der Waals surface area contributed by atoms with Crippen molar-refractivity contribution in [2.45, 2.75) is 6.10 Å². The van der Waals surface area contributed by atoms with Crippen LogP contribution in [-0.4, -0.2) is 11.7 Å². The topological polar surface area (TPSA) is 59.4 Å². The maximum absolute atomic E-state index is 9.64. The predicted molar refractivity (Wildman–Crippen MR) is 57.9 cm³/mol. The number of furan rings is 1. The Morgan fingerprint density at radius 3 is 3.00 bits per heavy atom. The molecule has 0 saturated heterocycles. The van der Waals surface area contributed by atoms with Crippen LogP contribution in [0.15, 0.2) is 33.4 Å². The average molecular weight is 256 g/mol. The molecule has 0 bridgehead atoms. The largest absolute Gasteiger partial charge is 0.449 e. The van der Waals surface area contributed by atoms with Gasteiger partial charge in [0, 0.05) is 17.5 Å². The van der Waals surface area contributed by atoms with Crippen LogP contribution in [0.4, 0.5) is 0 Å². The zero-order valence-corrected chi connectivity index (χ0v) is 8.99. The van der Waals surface area contributed by atoms with E-state index in [1.165, 1.54) is 0 Å². The first-order chi connectivity index (χ1) is 6.72. The Hall–Kier alpha value is -0.840. The van der Waals surface area contributed by atoms with E-state index in [9.17, 15) is 5.11 Å². The standard InChI is InChI=1S/C10H10BrNO2/c11-9-4-6-2-1-3-7(8(13)5-12)10(6)14-9/h1-4,8,13H,5,12H2. The molecular weight excluding hydrogens is 246 g/mol. The second-order valence-corrected chi connectivity index (χ2v) is 3.85. The van der Waals surface area contributed by atoms with Gasteiger partial charge in [-0.15, -0.1) is 0 Å². The van der Waals surface area contributed by atoms with E-state index >= 15 is 0 Å². The van der Waals surface area contributed by atoms with Gasteiger partial charge in [-0.25, -0.2) is 0 Å². The van der Waals surface area contributed by atoms with Gasteiger partial charge in [0.05, 0.1) is 6.10 Å². The summed E-state index contributed by atoms with van der Waals surface area (Å²) >= 11 is 3.25. The van der Waals surface area contributed by atoms with Gasteiger partial charge in [0.15, 0.2) is 4.67 Å². The lowest BCUT2D eigenvalue weighted by Gasteiger charge is -2.07. The molecule has 74 valence electrons. The summed E-state index contributed by atoms with van der Waals surface area (Å²) in [7, 11) is 0. The van der Waals surface area contributed by atoms with Gasteiger partial charge in [-0.3, -0.25) is 0 Å². The monoisotopic (exact) mass is 255 g/mol. The number of hydrogen-bond donors (Lipinski definition) is 2. The second kappa shape index (κ2) is 3.73. The highest BCUT2D eigenvalue weighted by atomic mass is 79.9. The summed E-state index contributed by atoms with van der Waals surface area (Å²) in [5, 5.41) is 10.6. The van der Waals surface area contributed by atoms with E-state index in [0.29, 0.717) is 10.3 Å². The molecule has 1 aromatic carbocycles. The molecule has 1 unspecified atom stereocenters. The van der Waals surface area contributed by atoms with Gasteiger partial charge in [0.25, 0.3) is 0 Å². The van der Waals surface area contributed by atoms with Crippen LogP contribution >= 0.6 is 15.9 Å². The summed E-state index contributed by atoms with van der Waals surface area (Å²) in [5.74, 6) is 0. The quantitative estimate of drug-likeness (QED) is 0.865. The maximum atomic E-state index is 9.64. The average Bonchev–Trinajstić information content (AvgIpc) is 2.56. The van der Waals surface area contributed by atoms with Crippen LogP contribution in [0.25, 0.3) is 11.0 Å². The Balaban J connectivity index is 2.64.